The van der Waals surface area contributed by atoms with Gasteiger partial charge in [0.2, 0.25) is 5.82 Å². The number of para-hydroxylation sites is 2. The van der Waals surface area contributed by atoms with E-state index in [0.29, 0.717) is 10.7 Å². The second kappa shape index (κ2) is 8.28. The summed E-state index contributed by atoms with van der Waals surface area (Å²) < 4.78 is 2.11. The van der Waals surface area contributed by atoms with E-state index in [1.165, 1.54) is 0 Å². The minimum Gasteiger partial charge on any atom is -0.356 e. The first kappa shape index (κ1) is 20.5. The van der Waals surface area contributed by atoms with Gasteiger partial charge in [-0.1, -0.05) is 41.9 Å². The van der Waals surface area contributed by atoms with Crippen LogP contribution in [-0.2, 0) is 0 Å². The SMILES string of the molecule is Cc1c(C)n(-c2ccccc2)c2nc(C(=O)Nc3ccccc3Cl)nc(N3CCCC3)c12. The van der Waals surface area contributed by atoms with Crippen LogP contribution in [0.5, 0.6) is 0 Å². The molecule has 4 aromatic rings. The zero-order valence-corrected chi connectivity index (χ0v) is 18.9. The van der Waals surface area contributed by atoms with E-state index in [1.54, 1.807) is 12.1 Å². The van der Waals surface area contributed by atoms with Crippen molar-refractivity contribution in [1.82, 2.24) is 14.5 Å². The van der Waals surface area contributed by atoms with Crippen LogP contribution in [0.25, 0.3) is 16.7 Å². The van der Waals surface area contributed by atoms with Crippen LogP contribution in [0.4, 0.5) is 11.5 Å². The topological polar surface area (TPSA) is 63.1 Å². The summed E-state index contributed by atoms with van der Waals surface area (Å²) in [5.74, 6) is 0.581. The first-order chi connectivity index (χ1) is 15.5. The van der Waals surface area contributed by atoms with Crippen molar-refractivity contribution in [2.75, 3.05) is 23.3 Å². The molecule has 3 heterocycles. The average molecular weight is 446 g/mol. The molecule has 0 saturated carbocycles. The molecule has 1 saturated heterocycles. The molecule has 162 valence electrons. The van der Waals surface area contributed by atoms with Crippen LogP contribution in [0.3, 0.4) is 0 Å². The van der Waals surface area contributed by atoms with Crippen molar-refractivity contribution in [3.63, 3.8) is 0 Å². The molecule has 1 amide bonds. The van der Waals surface area contributed by atoms with Crippen molar-refractivity contribution in [1.29, 1.82) is 0 Å². The largest absolute Gasteiger partial charge is 0.356 e. The van der Waals surface area contributed by atoms with Crippen LogP contribution in [0.1, 0.15) is 34.7 Å². The van der Waals surface area contributed by atoms with Gasteiger partial charge < -0.3 is 10.2 Å². The Labute approximate surface area is 191 Å². The number of aryl methyl sites for hydroxylation is 1. The number of rotatable bonds is 4. The van der Waals surface area contributed by atoms with Gasteiger partial charge in [0.25, 0.3) is 5.91 Å². The quantitative estimate of drug-likeness (QED) is 0.447. The molecule has 0 unspecified atom stereocenters. The van der Waals surface area contributed by atoms with E-state index >= 15 is 0 Å². The molecule has 5 rings (SSSR count). The molecule has 1 fully saturated rings. The first-order valence-corrected chi connectivity index (χ1v) is 11.2. The summed E-state index contributed by atoms with van der Waals surface area (Å²) in [4.78, 5) is 25.0. The summed E-state index contributed by atoms with van der Waals surface area (Å²) in [5, 5.41) is 4.34. The van der Waals surface area contributed by atoms with E-state index in [1.807, 2.05) is 42.5 Å². The Bertz CT molecular complexity index is 1310. The van der Waals surface area contributed by atoms with Gasteiger partial charge in [-0.05, 0) is 56.5 Å². The van der Waals surface area contributed by atoms with E-state index in [0.717, 1.165) is 59.7 Å². The van der Waals surface area contributed by atoms with Crippen molar-refractivity contribution in [3.8, 4) is 5.69 Å². The molecule has 1 N–H and O–H groups in total. The highest BCUT2D eigenvalue weighted by Gasteiger charge is 2.26. The molecule has 0 spiro atoms. The molecule has 2 aromatic heterocycles. The number of aromatic nitrogens is 3. The van der Waals surface area contributed by atoms with E-state index in [2.05, 4.69) is 28.6 Å². The van der Waals surface area contributed by atoms with Crippen molar-refractivity contribution < 1.29 is 4.79 Å². The fourth-order valence-corrected chi connectivity index (χ4v) is 4.52. The lowest BCUT2D eigenvalue weighted by molar-refractivity contribution is 0.101. The molecule has 32 heavy (non-hydrogen) atoms. The third kappa shape index (κ3) is 3.50. The smallest absolute Gasteiger partial charge is 0.293 e. The maximum atomic E-state index is 13.2. The molecule has 7 heteroatoms. The predicted molar refractivity (Wildman–Crippen MR) is 129 cm³/mol. The number of carbonyl (C=O) groups is 1. The second-order valence-corrected chi connectivity index (χ2v) is 8.49. The van der Waals surface area contributed by atoms with Crippen LogP contribution < -0.4 is 10.2 Å². The van der Waals surface area contributed by atoms with Crippen LogP contribution in [0.2, 0.25) is 5.02 Å². The number of nitrogens with zero attached hydrogens (tertiary/aromatic N) is 4. The van der Waals surface area contributed by atoms with Gasteiger partial charge in [-0.15, -0.1) is 0 Å². The Balaban J connectivity index is 1.70. The van der Waals surface area contributed by atoms with Gasteiger partial charge >= 0.3 is 0 Å². The number of anilines is 2. The van der Waals surface area contributed by atoms with E-state index in [-0.39, 0.29) is 11.7 Å². The zero-order valence-electron chi connectivity index (χ0n) is 18.1. The zero-order chi connectivity index (χ0) is 22.2. The number of carbonyl (C=O) groups excluding carboxylic acids is 1. The van der Waals surface area contributed by atoms with Gasteiger partial charge in [-0.25, -0.2) is 9.97 Å². The molecular weight excluding hydrogens is 422 g/mol. The fraction of sp³-hybridized carbons (Fsp3) is 0.240. The number of benzene rings is 2. The van der Waals surface area contributed by atoms with Crippen molar-refractivity contribution >= 4 is 40.0 Å². The highest BCUT2D eigenvalue weighted by Crippen LogP contribution is 2.35. The number of nitrogens with one attached hydrogen (secondary N) is 1. The van der Waals surface area contributed by atoms with Crippen molar-refractivity contribution in [2.24, 2.45) is 0 Å². The van der Waals surface area contributed by atoms with Crippen LogP contribution in [0.15, 0.2) is 54.6 Å². The number of halogens is 1. The van der Waals surface area contributed by atoms with Gasteiger partial charge in [-0.3, -0.25) is 9.36 Å². The molecular formula is C25H24ClN5O. The summed E-state index contributed by atoms with van der Waals surface area (Å²) in [6.45, 7) is 6.03. The Morgan fingerprint density at radius 3 is 2.38 bits per heavy atom. The summed E-state index contributed by atoms with van der Waals surface area (Å²) in [6.07, 6.45) is 2.23. The minimum absolute atomic E-state index is 0.133. The molecule has 1 aliphatic rings. The Hall–Kier alpha value is -3.38. The minimum atomic E-state index is -0.378. The Morgan fingerprint density at radius 2 is 1.66 bits per heavy atom. The highest BCUT2D eigenvalue weighted by molar-refractivity contribution is 6.33. The number of fused-ring (bicyclic) bond motifs is 1. The lowest BCUT2D eigenvalue weighted by Crippen LogP contribution is -2.23. The third-order valence-corrected chi connectivity index (χ3v) is 6.41. The van der Waals surface area contributed by atoms with Gasteiger partial charge in [-0.2, -0.15) is 0 Å². The van der Waals surface area contributed by atoms with Crippen LogP contribution in [-0.4, -0.2) is 33.5 Å². The molecule has 0 aliphatic carbocycles. The number of hydrogen-bond acceptors (Lipinski definition) is 4. The lowest BCUT2D eigenvalue weighted by atomic mass is 10.2. The molecule has 0 bridgehead atoms. The van der Waals surface area contributed by atoms with E-state index in [9.17, 15) is 4.79 Å². The summed E-state index contributed by atoms with van der Waals surface area (Å²) in [7, 11) is 0. The number of hydrogen-bond donors (Lipinski definition) is 1. The Morgan fingerprint density at radius 1 is 0.969 bits per heavy atom. The fourth-order valence-electron chi connectivity index (χ4n) is 4.34. The van der Waals surface area contributed by atoms with Crippen molar-refractivity contribution in [2.45, 2.75) is 26.7 Å². The molecule has 0 radical (unpaired) electrons. The standard InChI is InChI=1S/C25H24ClN5O/c1-16-17(2)31(18-10-4-3-5-11-18)24-21(16)23(30-14-8-9-15-30)28-22(29-24)25(32)27-20-13-7-6-12-19(20)26/h3-7,10-13H,8-9,14-15H2,1-2H3,(H,27,32). The van der Waals surface area contributed by atoms with Gasteiger partial charge in [0.05, 0.1) is 16.1 Å². The molecule has 0 atom stereocenters. The second-order valence-electron chi connectivity index (χ2n) is 8.08. The normalized spacial score (nSPS) is 13.7. The third-order valence-electron chi connectivity index (χ3n) is 6.08. The lowest BCUT2D eigenvalue weighted by Gasteiger charge is -2.19. The average Bonchev–Trinajstić information content (AvgIpc) is 3.43. The van der Waals surface area contributed by atoms with E-state index in [4.69, 9.17) is 21.6 Å². The van der Waals surface area contributed by atoms with Gasteiger partial charge in [0.15, 0.2) is 5.65 Å². The van der Waals surface area contributed by atoms with Crippen LogP contribution in [0, 0.1) is 13.8 Å². The van der Waals surface area contributed by atoms with Gasteiger partial charge in [0, 0.05) is 24.5 Å². The maximum Gasteiger partial charge on any atom is 0.293 e. The molecule has 2 aromatic carbocycles. The van der Waals surface area contributed by atoms with Crippen LogP contribution >= 0.6 is 11.6 Å². The predicted octanol–water partition coefficient (Wildman–Crippen LogP) is 5.54. The summed E-state index contributed by atoms with van der Waals surface area (Å²) >= 11 is 6.25. The molecule has 6 nitrogen and oxygen atoms in total. The van der Waals surface area contributed by atoms with Gasteiger partial charge in [0.1, 0.15) is 5.82 Å². The summed E-state index contributed by atoms with van der Waals surface area (Å²) in [6, 6.07) is 17.3. The maximum absolute atomic E-state index is 13.2. The highest BCUT2D eigenvalue weighted by atomic mass is 35.5. The Kier molecular flexibility index (Phi) is 5.31. The van der Waals surface area contributed by atoms with E-state index < -0.39 is 0 Å². The monoisotopic (exact) mass is 445 g/mol. The van der Waals surface area contributed by atoms with Crippen molar-refractivity contribution in [3.05, 3.63) is 76.7 Å². The first-order valence-electron chi connectivity index (χ1n) is 10.8. The summed E-state index contributed by atoms with van der Waals surface area (Å²) in [5.41, 5.74) is 4.50. The molecule has 1 aliphatic heterocycles. The number of amides is 1.